The van der Waals surface area contributed by atoms with Crippen LogP contribution in [-0.4, -0.2) is 30.6 Å². The topological polar surface area (TPSA) is 29.5 Å². The summed E-state index contributed by atoms with van der Waals surface area (Å²) in [5, 5.41) is 0. The van der Waals surface area contributed by atoms with Gasteiger partial charge in [-0.25, -0.2) is 4.79 Å². The molecule has 0 atom stereocenters. The van der Waals surface area contributed by atoms with E-state index >= 15 is 0 Å². The monoisotopic (exact) mass is 247 g/mol. The SMILES string of the molecule is CCOC(=O)c1ccc(CN2CCCCC2)cc1. The van der Waals surface area contributed by atoms with E-state index in [1.807, 2.05) is 31.2 Å². The molecule has 1 aromatic carbocycles. The zero-order valence-electron chi connectivity index (χ0n) is 11.0. The number of ether oxygens (including phenoxy) is 1. The van der Waals surface area contributed by atoms with Crippen LogP contribution in [0.2, 0.25) is 0 Å². The molecule has 1 aromatic rings. The van der Waals surface area contributed by atoms with Crippen LogP contribution in [0.3, 0.4) is 0 Å². The van der Waals surface area contributed by atoms with Gasteiger partial charge in [0, 0.05) is 6.54 Å². The lowest BCUT2D eigenvalue weighted by atomic mass is 10.1. The van der Waals surface area contributed by atoms with E-state index < -0.39 is 0 Å². The Labute approximate surface area is 109 Å². The van der Waals surface area contributed by atoms with Crippen molar-refractivity contribution in [2.24, 2.45) is 0 Å². The quantitative estimate of drug-likeness (QED) is 0.766. The van der Waals surface area contributed by atoms with Crippen LogP contribution < -0.4 is 0 Å². The van der Waals surface area contributed by atoms with Crippen LogP contribution in [-0.2, 0) is 11.3 Å². The maximum Gasteiger partial charge on any atom is 0.338 e. The van der Waals surface area contributed by atoms with E-state index in [2.05, 4.69) is 4.90 Å². The Balaban J connectivity index is 1.92. The summed E-state index contributed by atoms with van der Waals surface area (Å²) in [6.07, 6.45) is 3.97. The standard InChI is InChI=1S/C15H21NO2/c1-2-18-15(17)14-8-6-13(7-9-14)12-16-10-4-3-5-11-16/h6-9H,2-5,10-12H2,1H3. The van der Waals surface area contributed by atoms with Crippen LogP contribution in [0, 0.1) is 0 Å². The van der Waals surface area contributed by atoms with Crippen molar-refractivity contribution in [3.8, 4) is 0 Å². The van der Waals surface area contributed by atoms with Crippen molar-refractivity contribution in [2.75, 3.05) is 19.7 Å². The molecule has 0 amide bonds. The second-order valence-corrected chi connectivity index (χ2v) is 4.75. The first-order valence-corrected chi connectivity index (χ1v) is 6.78. The van der Waals surface area contributed by atoms with Crippen molar-refractivity contribution in [3.05, 3.63) is 35.4 Å². The van der Waals surface area contributed by atoms with E-state index in [1.54, 1.807) is 0 Å². The Morgan fingerprint density at radius 2 is 1.83 bits per heavy atom. The number of nitrogens with zero attached hydrogens (tertiary/aromatic N) is 1. The molecule has 1 aliphatic heterocycles. The highest BCUT2D eigenvalue weighted by molar-refractivity contribution is 5.89. The fourth-order valence-electron chi connectivity index (χ4n) is 2.34. The molecule has 1 heterocycles. The Morgan fingerprint density at radius 3 is 2.44 bits per heavy atom. The van der Waals surface area contributed by atoms with E-state index in [0.717, 1.165) is 6.54 Å². The lowest BCUT2D eigenvalue weighted by Gasteiger charge is -2.26. The summed E-state index contributed by atoms with van der Waals surface area (Å²) in [5.74, 6) is -0.234. The Hall–Kier alpha value is -1.35. The maximum atomic E-state index is 11.5. The van der Waals surface area contributed by atoms with Gasteiger partial charge in [-0.2, -0.15) is 0 Å². The van der Waals surface area contributed by atoms with Crippen molar-refractivity contribution in [1.82, 2.24) is 4.90 Å². The van der Waals surface area contributed by atoms with Gasteiger partial charge in [0.1, 0.15) is 0 Å². The number of hydrogen-bond donors (Lipinski definition) is 0. The van der Waals surface area contributed by atoms with E-state index in [4.69, 9.17) is 4.74 Å². The number of carbonyl (C=O) groups excluding carboxylic acids is 1. The smallest absolute Gasteiger partial charge is 0.338 e. The number of piperidine rings is 1. The van der Waals surface area contributed by atoms with Crippen LogP contribution in [0.25, 0.3) is 0 Å². The molecule has 0 unspecified atom stereocenters. The zero-order valence-corrected chi connectivity index (χ0v) is 11.0. The molecule has 0 bridgehead atoms. The molecule has 98 valence electrons. The zero-order chi connectivity index (χ0) is 12.8. The molecule has 3 heteroatoms. The van der Waals surface area contributed by atoms with Gasteiger partial charge >= 0.3 is 5.97 Å². The van der Waals surface area contributed by atoms with Crippen LogP contribution in [0.4, 0.5) is 0 Å². The lowest BCUT2D eigenvalue weighted by molar-refractivity contribution is 0.0526. The van der Waals surface area contributed by atoms with Gasteiger partial charge in [-0.1, -0.05) is 18.6 Å². The summed E-state index contributed by atoms with van der Waals surface area (Å²) in [7, 11) is 0. The van der Waals surface area contributed by atoms with Crippen molar-refractivity contribution in [2.45, 2.75) is 32.7 Å². The van der Waals surface area contributed by atoms with Gasteiger partial charge in [-0.15, -0.1) is 0 Å². The third kappa shape index (κ3) is 3.57. The largest absolute Gasteiger partial charge is 0.462 e. The van der Waals surface area contributed by atoms with Gasteiger partial charge in [0.25, 0.3) is 0 Å². The number of carbonyl (C=O) groups is 1. The number of benzene rings is 1. The molecule has 1 fully saturated rings. The second kappa shape index (κ2) is 6.55. The minimum absolute atomic E-state index is 0.234. The normalized spacial score (nSPS) is 16.5. The predicted molar refractivity (Wildman–Crippen MR) is 71.5 cm³/mol. The number of esters is 1. The molecule has 3 nitrogen and oxygen atoms in total. The molecule has 1 aliphatic rings. The number of rotatable bonds is 4. The van der Waals surface area contributed by atoms with Crippen LogP contribution in [0.5, 0.6) is 0 Å². The average Bonchev–Trinajstić information content (AvgIpc) is 2.41. The fraction of sp³-hybridized carbons (Fsp3) is 0.533. The van der Waals surface area contributed by atoms with Gasteiger partial charge in [-0.3, -0.25) is 4.90 Å². The highest BCUT2D eigenvalue weighted by atomic mass is 16.5. The average molecular weight is 247 g/mol. The Bertz CT molecular complexity index is 380. The van der Waals surface area contributed by atoms with Crippen molar-refractivity contribution >= 4 is 5.97 Å². The summed E-state index contributed by atoms with van der Waals surface area (Å²) < 4.78 is 4.97. The van der Waals surface area contributed by atoms with Crippen LogP contribution >= 0.6 is 0 Å². The third-order valence-corrected chi connectivity index (χ3v) is 3.32. The van der Waals surface area contributed by atoms with Crippen LogP contribution in [0.15, 0.2) is 24.3 Å². The minimum atomic E-state index is -0.234. The van der Waals surface area contributed by atoms with E-state index in [-0.39, 0.29) is 5.97 Å². The third-order valence-electron chi connectivity index (χ3n) is 3.32. The number of likely N-dealkylation sites (tertiary alicyclic amines) is 1. The minimum Gasteiger partial charge on any atom is -0.462 e. The molecular formula is C15H21NO2. The summed E-state index contributed by atoms with van der Waals surface area (Å²) >= 11 is 0. The number of hydrogen-bond acceptors (Lipinski definition) is 3. The van der Waals surface area contributed by atoms with Gasteiger partial charge < -0.3 is 4.74 Å². The molecule has 18 heavy (non-hydrogen) atoms. The van der Waals surface area contributed by atoms with Gasteiger partial charge in [0.2, 0.25) is 0 Å². The summed E-state index contributed by atoms with van der Waals surface area (Å²) in [6.45, 7) is 5.62. The molecule has 0 aliphatic carbocycles. The van der Waals surface area contributed by atoms with Crippen molar-refractivity contribution in [3.63, 3.8) is 0 Å². The fourth-order valence-corrected chi connectivity index (χ4v) is 2.34. The highest BCUT2D eigenvalue weighted by Crippen LogP contribution is 2.13. The van der Waals surface area contributed by atoms with Gasteiger partial charge in [-0.05, 0) is 50.6 Å². The van der Waals surface area contributed by atoms with E-state index in [9.17, 15) is 4.79 Å². The van der Waals surface area contributed by atoms with Gasteiger partial charge in [0.15, 0.2) is 0 Å². The van der Waals surface area contributed by atoms with Crippen molar-refractivity contribution in [1.29, 1.82) is 0 Å². The maximum absolute atomic E-state index is 11.5. The second-order valence-electron chi connectivity index (χ2n) is 4.75. The summed E-state index contributed by atoms with van der Waals surface area (Å²) in [5.41, 5.74) is 1.91. The highest BCUT2D eigenvalue weighted by Gasteiger charge is 2.11. The molecular weight excluding hydrogens is 226 g/mol. The lowest BCUT2D eigenvalue weighted by Crippen LogP contribution is -2.29. The molecule has 0 N–H and O–H groups in total. The predicted octanol–water partition coefficient (Wildman–Crippen LogP) is 2.85. The first-order valence-electron chi connectivity index (χ1n) is 6.78. The first-order chi connectivity index (χ1) is 8.79. The first kappa shape index (κ1) is 13.1. The molecule has 0 spiro atoms. The van der Waals surface area contributed by atoms with Gasteiger partial charge in [0.05, 0.1) is 12.2 Å². The molecule has 0 aromatic heterocycles. The van der Waals surface area contributed by atoms with E-state index in [0.29, 0.717) is 12.2 Å². The molecule has 2 rings (SSSR count). The van der Waals surface area contributed by atoms with Crippen molar-refractivity contribution < 1.29 is 9.53 Å². The molecule has 0 radical (unpaired) electrons. The molecule has 0 saturated carbocycles. The van der Waals surface area contributed by atoms with E-state index in [1.165, 1.54) is 37.9 Å². The Morgan fingerprint density at radius 1 is 1.17 bits per heavy atom. The summed E-state index contributed by atoms with van der Waals surface area (Å²) in [6, 6.07) is 7.77. The van der Waals surface area contributed by atoms with Crippen LogP contribution in [0.1, 0.15) is 42.1 Å². The Kier molecular flexibility index (Phi) is 4.76. The molecule has 1 saturated heterocycles. The summed E-state index contributed by atoms with van der Waals surface area (Å²) in [4.78, 5) is 14.0.